The normalized spacial score (nSPS) is 11.5. The number of nitrogens with two attached hydrogens (primary N) is 1. The molecule has 60 valence electrons. The first-order chi connectivity index (χ1) is 4.63. The summed E-state index contributed by atoms with van der Waals surface area (Å²) in [5.41, 5.74) is 5.08. The third-order valence-electron chi connectivity index (χ3n) is 1.49. The Morgan fingerprint density at radius 3 is 1.50 bits per heavy atom. The molecule has 0 aliphatic rings. The Balaban J connectivity index is 4.31. The number of hydrogen-bond donors (Lipinski definition) is 4. The van der Waals surface area contributed by atoms with Crippen molar-refractivity contribution in [3.63, 3.8) is 0 Å². The Morgan fingerprint density at radius 2 is 1.50 bits per heavy atom. The number of likely N-dealkylation sites (N-methyl/N-ethyl adjacent to an activating group) is 3. The highest BCUT2D eigenvalue weighted by atomic mass is 16.2. The molecule has 10 heavy (non-hydrogen) atoms. The van der Waals surface area contributed by atoms with Crippen molar-refractivity contribution in [2.24, 2.45) is 5.73 Å². The van der Waals surface area contributed by atoms with Crippen LogP contribution < -0.4 is 21.7 Å². The van der Waals surface area contributed by atoms with Gasteiger partial charge in [-0.2, -0.15) is 0 Å². The zero-order valence-electron chi connectivity index (χ0n) is 6.49. The molecule has 0 rings (SSSR count). The number of carbonyl (C=O) groups is 1. The van der Waals surface area contributed by atoms with Crippen LogP contribution in [0.2, 0.25) is 0 Å². The van der Waals surface area contributed by atoms with Crippen LogP contribution in [0.5, 0.6) is 0 Å². The van der Waals surface area contributed by atoms with Crippen molar-refractivity contribution in [3.05, 3.63) is 0 Å². The van der Waals surface area contributed by atoms with Crippen LogP contribution in [0.1, 0.15) is 0 Å². The van der Waals surface area contributed by atoms with Crippen LogP contribution in [-0.2, 0) is 4.79 Å². The van der Waals surface area contributed by atoms with Crippen LogP contribution in [0.3, 0.4) is 0 Å². The molecule has 0 atom stereocenters. The molecular formula is C5H14N4O. The Hall–Kier alpha value is -0.650. The predicted molar refractivity (Wildman–Crippen MR) is 39.1 cm³/mol. The third-order valence-corrected chi connectivity index (χ3v) is 1.49. The maximum atomic E-state index is 10.7. The van der Waals surface area contributed by atoms with Crippen molar-refractivity contribution < 1.29 is 4.79 Å². The lowest BCUT2D eigenvalue weighted by Crippen LogP contribution is -2.70. The van der Waals surface area contributed by atoms with Crippen molar-refractivity contribution >= 4 is 5.91 Å². The third kappa shape index (κ3) is 1.44. The minimum Gasteiger partial charge on any atom is -0.366 e. The van der Waals surface area contributed by atoms with E-state index in [-0.39, 0.29) is 0 Å². The van der Waals surface area contributed by atoms with Gasteiger partial charge < -0.3 is 5.73 Å². The minimum atomic E-state index is -0.986. The molecule has 0 aromatic heterocycles. The summed E-state index contributed by atoms with van der Waals surface area (Å²) in [6, 6.07) is 0. The van der Waals surface area contributed by atoms with Gasteiger partial charge in [0.1, 0.15) is 0 Å². The molecule has 1 amide bonds. The molecule has 5 nitrogen and oxygen atoms in total. The molecule has 5 heteroatoms. The SMILES string of the molecule is CNC(NC)(NC)C(N)=O. The molecule has 0 fully saturated rings. The van der Waals surface area contributed by atoms with E-state index in [9.17, 15) is 4.79 Å². The summed E-state index contributed by atoms with van der Waals surface area (Å²) in [6.07, 6.45) is 0. The molecule has 0 radical (unpaired) electrons. The van der Waals surface area contributed by atoms with Gasteiger partial charge in [0, 0.05) is 0 Å². The van der Waals surface area contributed by atoms with Crippen LogP contribution >= 0.6 is 0 Å². The highest BCUT2D eigenvalue weighted by Gasteiger charge is 2.30. The molecule has 0 saturated heterocycles. The summed E-state index contributed by atoms with van der Waals surface area (Å²) in [6.45, 7) is 0. The van der Waals surface area contributed by atoms with E-state index < -0.39 is 11.7 Å². The van der Waals surface area contributed by atoms with Crippen molar-refractivity contribution in [3.8, 4) is 0 Å². The second-order valence-electron chi connectivity index (χ2n) is 1.86. The van der Waals surface area contributed by atoms with Gasteiger partial charge in [-0.05, 0) is 21.1 Å². The van der Waals surface area contributed by atoms with E-state index in [2.05, 4.69) is 16.0 Å². The fourth-order valence-corrected chi connectivity index (χ4v) is 0.745. The van der Waals surface area contributed by atoms with E-state index in [0.29, 0.717) is 0 Å². The molecular weight excluding hydrogens is 132 g/mol. The highest BCUT2D eigenvalue weighted by molar-refractivity contribution is 5.83. The van der Waals surface area contributed by atoms with Crippen molar-refractivity contribution in [1.82, 2.24) is 16.0 Å². The van der Waals surface area contributed by atoms with E-state index in [0.717, 1.165) is 0 Å². The maximum absolute atomic E-state index is 10.7. The summed E-state index contributed by atoms with van der Waals surface area (Å²) in [7, 11) is 4.91. The van der Waals surface area contributed by atoms with Crippen molar-refractivity contribution in [2.45, 2.75) is 5.79 Å². The lowest BCUT2D eigenvalue weighted by Gasteiger charge is -2.28. The maximum Gasteiger partial charge on any atom is 0.268 e. The van der Waals surface area contributed by atoms with Crippen molar-refractivity contribution in [1.29, 1.82) is 0 Å². The molecule has 0 unspecified atom stereocenters. The highest BCUT2D eigenvalue weighted by Crippen LogP contribution is 1.87. The first-order valence-electron chi connectivity index (χ1n) is 2.99. The van der Waals surface area contributed by atoms with E-state index in [1.807, 2.05) is 0 Å². The molecule has 0 heterocycles. The van der Waals surface area contributed by atoms with E-state index in [1.54, 1.807) is 21.1 Å². The van der Waals surface area contributed by atoms with Gasteiger partial charge >= 0.3 is 0 Å². The van der Waals surface area contributed by atoms with E-state index in [1.165, 1.54) is 0 Å². The number of amides is 1. The Labute approximate surface area is 60.4 Å². The first kappa shape index (κ1) is 9.35. The van der Waals surface area contributed by atoms with Crippen LogP contribution in [0.4, 0.5) is 0 Å². The molecule has 0 bridgehead atoms. The molecule has 0 aromatic rings. The number of rotatable bonds is 4. The summed E-state index contributed by atoms with van der Waals surface area (Å²) in [5, 5.41) is 8.15. The van der Waals surface area contributed by atoms with Crippen LogP contribution in [0, 0.1) is 0 Å². The van der Waals surface area contributed by atoms with Gasteiger partial charge in [-0.25, -0.2) is 0 Å². The smallest absolute Gasteiger partial charge is 0.268 e. The Morgan fingerprint density at radius 1 is 1.20 bits per heavy atom. The fraction of sp³-hybridized carbons (Fsp3) is 0.800. The van der Waals surface area contributed by atoms with Gasteiger partial charge in [-0.1, -0.05) is 0 Å². The quantitative estimate of drug-likeness (QED) is 0.339. The zero-order valence-corrected chi connectivity index (χ0v) is 6.49. The number of hydrogen-bond acceptors (Lipinski definition) is 4. The molecule has 0 saturated carbocycles. The molecule has 5 N–H and O–H groups in total. The van der Waals surface area contributed by atoms with Gasteiger partial charge in [0.25, 0.3) is 5.91 Å². The van der Waals surface area contributed by atoms with Gasteiger partial charge in [0.15, 0.2) is 0 Å². The second kappa shape index (κ2) is 3.50. The Kier molecular flexibility index (Phi) is 3.27. The van der Waals surface area contributed by atoms with E-state index >= 15 is 0 Å². The number of primary amides is 1. The lowest BCUT2D eigenvalue weighted by atomic mass is 10.3. The second-order valence-corrected chi connectivity index (χ2v) is 1.86. The van der Waals surface area contributed by atoms with Crippen LogP contribution in [0.15, 0.2) is 0 Å². The van der Waals surface area contributed by atoms with Gasteiger partial charge in [-0.15, -0.1) is 0 Å². The predicted octanol–water partition coefficient (Wildman–Crippen LogP) is -2.22. The average Bonchev–Trinajstić information content (AvgIpc) is 1.92. The molecule has 0 spiro atoms. The largest absolute Gasteiger partial charge is 0.366 e. The standard InChI is InChI=1S/C5H14N4O/c1-7-5(8-2,9-3)4(6)10/h7-9H,1-3H3,(H2,6,10). The molecule has 0 aliphatic carbocycles. The first-order valence-corrected chi connectivity index (χ1v) is 2.99. The van der Waals surface area contributed by atoms with Crippen molar-refractivity contribution in [2.75, 3.05) is 21.1 Å². The summed E-state index contributed by atoms with van der Waals surface area (Å²) >= 11 is 0. The topological polar surface area (TPSA) is 79.2 Å². The van der Waals surface area contributed by atoms with Gasteiger partial charge in [-0.3, -0.25) is 20.7 Å². The zero-order chi connectivity index (χ0) is 8.20. The minimum absolute atomic E-state index is 0.486. The summed E-state index contributed by atoms with van der Waals surface area (Å²) in [4.78, 5) is 10.7. The Bertz CT molecular complexity index is 113. The fourth-order valence-electron chi connectivity index (χ4n) is 0.745. The summed E-state index contributed by atoms with van der Waals surface area (Å²) in [5.74, 6) is -1.47. The monoisotopic (exact) mass is 146 g/mol. The van der Waals surface area contributed by atoms with E-state index in [4.69, 9.17) is 5.73 Å². The van der Waals surface area contributed by atoms with Gasteiger partial charge in [0.05, 0.1) is 0 Å². The summed E-state index contributed by atoms with van der Waals surface area (Å²) < 4.78 is 0. The van der Waals surface area contributed by atoms with Crippen LogP contribution in [-0.4, -0.2) is 32.8 Å². The molecule has 0 aromatic carbocycles. The van der Waals surface area contributed by atoms with Crippen LogP contribution in [0.25, 0.3) is 0 Å². The molecule has 0 aliphatic heterocycles. The number of nitrogens with one attached hydrogen (secondary N) is 3. The lowest BCUT2D eigenvalue weighted by molar-refractivity contribution is -0.126. The van der Waals surface area contributed by atoms with Gasteiger partial charge in [0.2, 0.25) is 5.79 Å². The number of carbonyl (C=O) groups excluding carboxylic acids is 1. The average molecular weight is 146 g/mol.